The normalized spacial score (nSPS) is 27.8. The van der Waals surface area contributed by atoms with Gasteiger partial charge in [0.2, 0.25) is 0 Å². The number of ether oxygens (including phenoxy) is 1. The van der Waals surface area contributed by atoms with Crippen molar-refractivity contribution in [1.29, 1.82) is 0 Å². The molecule has 0 saturated carbocycles. The lowest BCUT2D eigenvalue weighted by atomic mass is 10.0. The molecule has 2 saturated heterocycles. The van der Waals surface area contributed by atoms with Crippen molar-refractivity contribution in [3.8, 4) is 0 Å². The Kier molecular flexibility index (Phi) is 5.28. The number of nitrogens with zero attached hydrogens (tertiary/aromatic N) is 3. The van der Waals surface area contributed by atoms with Gasteiger partial charge in [-0.3, -0.25) is 9.78 Å². The van der Waals surface area contributed by atoms with Crippen LogP contribution in [-0.2, 0) is 16.1 Å². The summed E-state index contributed by atoms with van der Waals surface area (Å²) >= 11 is 0. The average Bonchev–Trinajstić information content (AvgIpc) is 3.16. The second kappa shape index (κ2) is 7.41. The van der Waals surface area contributed by atoms with Crippen molar-refractivity contribution in [3.05, 3.63) is 30.1 Å². The predicted octanol–water partition coefficient (Wildman–Crippen LogP) is 1.79. The Morgan fingerprint density at radius 3 is 3.04 bits per heavy atom. The Hall–Kier alpha value is -1.46. The van der Waals surface area contributed by atoms with E-state index >= 15 is 0 Å². The largest absolute Gasteiger partial charge is 0.368 e. The van der Waals surface area contributed by atoms with Gasteiger partial charge in [-0.2, -0.15) is 0 Å². The van der Waals surface area contributed by atoms with Crippen molar-refractivity contribution in [1.82, 2.24) is 14.8 Å². The van der Waals surface area contributed by atoms with Gasteiger partial charge in [0.25, 0.3) is 5.91 Å². The molecular formula is C18H27N3O2. The molecule has 0 aliphatic carbocycles. The van der Waals surface area contributed by atoms with E-state index in [1.165, 1.54) is 5.56 Å². The molecule has 3 atom stereocenters. The molecule has 3 heterocycles. The summed E-state index contributed by atoms with van der Waals surface area (Å²) < 4.78 is 5.63. The van der Waals surface area contributed by atoms with Crippen LogP contribution in [0.15, 0.2) is 24.5 Å². The van der Waals surface area contributed by atoms with E-state index in [1.54, 1.807) is 6.20 Å². The van der Waals surface area contributed by atoms with Crippen LogP contribution in [0.2, 0.25) is 0 Å². The Morgan fingerprint density at radius 2 is 2.35 bits per heavy atom. The topological polar surface area (TPSA) is 45.7 Å². The molecule has 2 fully saturated rings. The molecule has 0 bridgehead atoms. The molecule has 0 aromatic carbocycles. The van der Waals surface area contributed by atoms with E-state index in [4.69, 9.17) is 4.74 Å². The Morgan fingerprint density at radius 1 is 1.48 bits per heavy atom. The fourth-order valence-corrected chi connectivity index (χ4v) is 3.68. The molecule has 1 aromatic rings. The molecule has 3 rings (SSSR count). The maximum absolute atomic E-state index is 12.6. The summed E-state index contributed by atoms with van der Waals surface area (Å²) in [6.45, 7) is 6.49. The minimum absolute atomic E-state index is 0.201. The highest BCUT2D eigenvalue weighted by atomic mass is 16.5. The van der Waals surface area contributed by atoms with Gasteiger partial charge >= 0.3 is 0 Å². The van der Waals surface area contributed by atoms with Crippen molar-refractivity contribution in [2.75, 3.05) is 33.3 Å². The second-order valence-electron chi connectivity index (χ2n) is 7.05. The summed E-state index contributed by atoms with van der Waals surface area (Å²) in [5, 5.41) is 0. The van der Waals surface area contributed by atoms with Gasteiger partial charge in [-0.05, 0) is 43.4 Å². The SMILES string of the molecule is C[C@@H]1CCO[C@@H]1C(=O)N1CC[C@H](CN(C)Cc2cccnc2)C1. The number of carbonyl (C=O) groups is 1. The number of carbonyl (C=O) groups excluding carboxylic acids is 1. The van der Waals surface area contributed by atoms with Crippen molar-refractivity contribution in [3.63, 3.8) is 0 Å². The molecule has 0 unspecified atom stereocenters. The summed E-state index contributed by atoms with van der Waals surface area (Å²) in [6.07, 6.45) is 5.60. The molecule has 23 heavy (non-hydrogen) atoms. The molecule has 126 valence electrons. The van der Waals surface area contributed by atoms with Gasteiger partial charge < -0.3 is 14.5 Å². The predicted molar refractivity (Wildman–Crippen MR) is 88.8 cm³/mol. The Balaban J connectivity index is 1.47. The van der Waals surface area contributed by atoms with Crippen molar-refractivity contribution in [2.24, 2.45) is 11.8 Å². The molecule has 2 aliphatic rings. The monoisotopic (exact) mass is 317 g/mol. The third-order valence-electron chi connectivity index (χ3n) is 4.97. The fraction of sp³-hybridized carbons (Fsp3) is 0.667. The van der Waals surface area contributed by atoms with Crippen LogP contribution >= 0.6 is 0 Å². The van der Waals surface area contributed by atoms with Crippen LogP contribution in [-0.4, -0.2) is 60.1 Å². The van der Waals surface area contributed by atoms with Gasteiger partial charge in [-0.1, -0.05) is 13.0 Å². The number of rotatable bonds is 5. The summed E-state index contributed by atoms with van der Waals surface area (Å²) in [6, 6.07) is 4.08. The minimum Gasteiger partial charge on any atom is -0.368 e. The molecule has 1 aromatic heterocycles. The first kappa shape index (κ1) is 16.4. The second-order valence-corrected chi connectivity index (χ2v) is 7.05. The van der Waals surface area contributed by atoms with E-state index in [1.807, 2.05) is 17.2 Å². The minimum atomic E-state index is -0.207. The third kappa shape index (κ3) is 4.09. The van der Waals surface area contributed by atoms with Crippen LogP contribution in [0.5, 0.6) is 0 Å². The van der Waals surface area contributed by atoms with Crippen LogP contribution in [0.3, 0.4) is 0 Å². The lowest BCUT2D eigenvalue weighted by Crippen LogP contribution is -2.40. The molecule has 2 aliphatic heterocycles. The Labute approximate surface area is 138 Å². The van der Waals surface area contributed by atoms with Crippen LogP contribution in [0, 0.1) is 11.8 Å². The molecule has 0 N–H and O–H groups in total. The molecule has 0 radical (unpaired) electrons. The van der Waals surface area contributed by atoms with E-state index in [9.17, 15) is 4.79 Å². The quantitative estimate of drug-likeness (QED) is 0.830. The summed E-state index contributed by atoms with van der Waals surface area (Å²) in [5.41, 5.74) is 1.23. The number of amides is 1. The van der Waals surface area contributed by atoms with Gasteiger partial charge in [0.05, 0.1) is 0 Å². The van der Waals surface area contributed by atoms with Crippen molar-refractivity contribution < 1.29 is 9.53 Å². The maximum atomic E-state index is 12.6. The van der Waals surface area contributed by atoms with E-state index < -0.39 is 0 Å². The highest BCUT2D eigenvalue weighted by Gasteiger charge is 2.37. The number of likely N-dealkylation sites (tertiary alicyclic amines) is 1. The summed E-state index contributed by atoms with van der Waals surface area (Å²) in [7, 11) is 2.14. The van der Waals surface area contributed by atoms with E-state index in [0.29, 0.717) is 11.8 Å². The molecule has 0 spiro atoms. The van der Waals surface area contributed by atoms with Crippen LogP contribution in [0.1, 0.15) is 25.3 Å². The van der Waals surface area contributed by atoms with Crippen LogP contribution < -0.4 is 0 Å². The summed E-state index contributed by atoms with van der Waals surface area (Å²) in [4.78, 5) is 21.1. The van der Waals surface area contributed by atoms with E-state index in [2.05, 4.69) is 29.9 Å². The van der Waals surface area contributed by atoms with Gasteiger partial charge in [-0.15, -0.1) is 0 Å². The highest BCUT2D eigenvalue weighted by molar-refractivity contribution is 5.81. The van der Waals surface area contributed by atoms with E-state index in [0.717, 1.165) is 45.6 Å². The average molecular weight is 317 g/mol. The maximum Gasteiger partial charge on any atom is 0.251 e. The number of aromatic nitrogens is 1. The zero-order chi connectivity index (χ0) is 16.2. The smallest absolute Gasteiger partial charge is 0.251 e. The third-order valence-corrected chi connectivity index (χ3v) is 4.97. The number of pyridine rings is 1. The fourth-order valence-electron chi connectivity index (χ4n) is 3.68. The lowest BCUT2D eigenvalue weighted by Gasteiger charge is -2.24. The Bertz CT molecular complexity index is 522. The van der Waals surface area contributed by atoms with Crippen molar-refractivity contribution in [2.45, 2.75) is 32.4 Å². The van der Waals surface area contributed by atoms with Gasteiger partial charge in [0, 0.05) is 45.2 Å². The molecule has 5 nitrogen and oxygen atoms in total. The van der Waals surface area contributed by atoms with Crippen LogP contribution in [0.25, 0.3) is 0 Å². The first-order valence-electron chi connectivity index (χ1n) is 8.61. The zero-order valence-corrected chi connectivity index (χ0v) is 14.1. The summed E-state index contributed by atoms with van der Waals surface area (Å²) in [5.74, 6) is 1.11. The van der Waals surface area contributed by atoms with Crippen LogP contribution in [0.4, 0.5) is 0 Å². The van der Waals surface area contributed by atoms with E-state index in [-0.39, 0.29) is 12.0 Å². The van der Waals surface area contributed by atoms with Gasteiger partial charge in [-0.25, -0.2) is 0 Å². The zero-order valence-electron chi connectivity index (χ0n) is 14.1. The standard InChI is InChI=1S/C18H27N3O2/c1-14-6-9-23-17(14)18(22)21-8-5-16(13-21)12-20(2)11-15-4-3-7-19-10-15/h3-4,7,10,14,16-17H,5-6,8-9,11-13H2,1-2H3/t14-,16-,17+/m1/s1. The lowest BCUT2D eigenvalue weighted by molar-refractivity contribution is -0.141. The highest BCUT2D eigenvalue weighted by Crippen LogP contribution is 2.25. The van der Waals surface area contributed by atoms with Crippen molar-refractivity contribution >= 4 is 5.91 Å². The van der Waals surface area contributed by atoms with Gasteiger partial charge in [0.1, 0.15) is 6.10 Å². The van der Waals surface area contributed by atoms with Gasteiger partial charge in [0.15, 0.2) is 0 Å². The first-order chi connectivity index (χ1) is 11.1. The molecule has 5 heteroatoms. The molecule has 1 amide bonds. The first-order valence-corrected chi connectivity index (χ1v) is 8.61. The molecular weight excluding hydrogens is 290 g/mol. The number of hydrogen-bond acceptors (Lipinski definition) is 4. The number of hydrogen-bond donors (Lipinski definition) is 0.